The number of nitrogens with zero attached hydrogens (tertiary/aromatic N) is 1. The summed E-state index contributed by atoms with van der Waals surface area (Å²) in [6.07, 6.45) is 4.47. The zero-order valence-electron chi connectivity index (χ0n) is 18.4. The number of nitrogens with one attached hydrogen (secondary N) is 1. The van der Waals surface area contributed by atoms with Crippen LogP contribution in [0, 0.1) is 0 Å². The molecule has 0 aromatic heterocycles. The van der Waals surface area contributed by atoms with Gasteiger partial charge in [-0.1, -0.05) is 24.3 Å². The topological polar surface area (TPSA) is 58.6 Å². The Hall–Kier alpha value is -2.66. The van der Waals surface area contributed by atoms with Crippen LogP contribution in [-0.2, 0) is 17.6 Å². The predicted octanol–water partition coefficient (Wildman–Crippen LogP) is 3.75. The molecule has 0 saturated carbocycles. The van der Waals surface area contributed by atoms with E-state index in [4.69, 9.17) is 4.74 Å². The maximum Gasteiger partial charge on any atom is 0.223 e. The lowest BCUT2D eigenvalue weighted by molar-refractivity contribution is -0.132. The number of amides is 1. The number of benzene rings is 2. The molecule has 2 heterocycles. The van der Waals surface area contributed by atoms with Gasteiger partial charge in [0.1, 0.15) is 5.75 Å². The minimum absolute atomic E-state index is 0.0708. The molecule has 0 atom stereocenters. The molecule has 2 aromatic rings. The molecular formula is C26H32N2O3. The second kappa shape index (κ2) is 10.1. The van der Waals surface area contributed by atoms with E-state index in [0.717, 1.165) is 63.2 Å². The highest BCUT2D eigenvalue weighted by atomic mass is 16.5. The lowest BCUT2D eigenvalue weighted by atomic mass is 9.89. The summed E-state index contributed by atoms with van der Waals surface area (Å²) in [6, 6.07) is 14.3. The van der Waals surface area contributed by atoms with Gasteiger partial charge in [-0.25, -0.2) is 0 Å². The molecule has 0 spiro atoms. The van der Waals surface area contributed by atoms with Crippen molar-refractivity contribution in [1.82, 2.24) is 10.2 Å². The monoisotopic (exact) mass is 420 g/mol. The molecule has 4 rings (SSSR count). The second-order valence-corrected chi connectivity index (χ2v) is 8.58. The summed E-state index contributed by atoms with van der Waals surface area (Å²) >= 11 is 0. The van der Waals surface area contributed by atoms with Crippen LogP contribution in [0.4, 0.5) is 0 Å². The number of fused-ring (bicyclic) bond motifs is 1. The lowest BCUT2D eigenvalue weighted by Gasteiger charge is -2.32. The highest BCUT2D eigenvalue weighted by Gasteiger charge is 2.24. The first-order valence-corrected chi connectivity index (χ1v) is 11.4. The van der Waals surface area contributed by atoms with Gasteiger partial charge < -0.3 is 15.0 Å². The van der Waals surface area contributed by atoms with Crippen LogP contribution in [0.5, 0.6) is 5.75 Å². The van der Waals surface area contributed by atoms with Gasteiger partial charge in [-0.2, -0.15) is 0 Å². The summed E-state index contributed by atoms with van der Waals surface area (Å²) < 4.78 is 5.23. The third-order valence-corrected chi connectivity index (χ3v) is 6.67. The van der Waals surface area contributed by atoms with Gasteiger partial charge in [0.15, 0.2) is 5.78 Å². The summed E-state index contributed by atoms with van der Waals surface area (Å²) in [5, 5.41) is 3.40. The number of methoxy groups -OCH3 is 1. The van der Waals surface area contributed by atoms with E-state index in [1.807, 2.05) is 29.2 Å². The summed E-state index contributed by atoms with van der Waals surface area (Å²) in [4.78, 5) is 27.3. The Morgan fingerprint density at radius 3 is 2.39 bits per heavy atom. The van der Waals surface area contributed by atoms with Crippen LogP contribution in [0.2, 0.25) is 0 Å². The van der Waals surface area contributed by atoms with Crippen molar-refractivity contribution in [3.05, 3.63) is 64.7 Å². The summed E-state index contributed by atoms with van der Waals surface area (Å²) in [5.41, 5.74) is 4.65. The van der Waals surface area contributed by atoms with Gasteiger partial charge in [-0.15, -0.1) is 0 Å². The van der Waals surface area contributed by atoms with Gasteiger partial charge in [-0.05, 0) is 79.6 Å². The molecular weight excluding hydrogens is 388 g/mol. The van der Waals surface area contributed by atoms with Crippen molar-refractivity contribution >= 4 is 11.7 Å². The highest BCUT2D eigenvalue weighted by molar-refractivity contribution is 5.98. The maximum absolute atomic E-state index is 12.7. The number of hydrogen-bond donors (Lipinski definition) is 1. The Kier molecular flexibility index (Phi) is 7.03. The largest absolute Gasteiger partial charge is 0.497 e. The minimum Gasteiger partial charge on any atom is -0.497 e. The van der Waals surface area contributed by atoms with Crippen molar-refractivity contribution in [2.75, 3.05) is 33.3 Å². The fraction of sp³-hybridized carbons (Fsp3) is 0.462. The van der Waals surface area contributed by atoms with Crippen molar-refractivity contribution < 1.29 is 14.3 Å². The quantitative estimate of drug-likeness (QED) is 0.723. The first-order chi connectivity index (χ1) is 15.1. The molecule has 164 valence electrons. The summed E-state index contributed by atoms with van der Waals surface area (Å²) in [7, 11) is 1.67. The van der Waals surface area contributed by atoms with Crippen LogP contribution in [0.3, 0.4) is 0 Å². The third-order valence-electron chi connectivity index (χ3n) is 6.67. The van der Waals surface area contributed by atoms with Crippen LogP contribution in [0.1, 0.15) is 58.6 Å². The molecule has 1 N–H and O–H groups in total. The zero-order valence-corrected chi connectivity index (χ0v) is 18.4. The summed E-state index contributed by atoms with van der Waals surface area (Å²) in [5.74, 6) is 1.51. The van der Waals surface area contributed by atoms with Crippen LogP contribution in [0.25, 0.3) is 0 Å². The molecule has 1 amide bonds. The van der Waals surface area contributed by atoms with Gasteiger partial charge in [0, 0.05) is 31.5 Å². The highest BCUT2D eigenvalue weighted by Crippen LogP contribution is 2.29. The number of piperidine rings is 1. The first kappa shape index (κ1) is 21.6. The predicted molar refractivity (Wildman–Crippen MR) is 122 cm³/mol. The Bertz CT molecular complexity index is 915. The number of carbonyl (C=O) groups excluding carboxylic acids is 2. The van der Waals surface area contributed by atoms with Crippen molar-refractivity contribution in [3.8, 4) is 5.75 Å². The Balaban J connectivity index is 1.26. The third kappa shape index (κ3) is 5.34. The van der Waals surface area contributed by atoms with E-state index in [9.17, 15) is 9.59 Å². The van der Waals surface area contributed by atoms with Crippen LogP contribution in [-0.4, -0.2) is 49.9 Å². The van der Waals surface area contributed by atoms with Crippen molar-refractivity contribution in [3.63, 3.8) is 0 Å². The van der Waals surface area contributed by atoms with E-state index in [1.54, 1.807) is 7.11 Å². The number of likely N-dealkylation sites (tertiary alicyclic amines) is 1. The van der Waals surface area contributed by atoms with Crippen molar-refractivity contribution in [2.45, 2.75) is 44.4 Å². The molecule has 1 saturated heterocycles. The molecule has 0 aliphatic carbocycles. The molecule has 2 aromatic carbocycles. The van der Waals surface area contributed by atoms with E-state index in [0.29, 0.717) is 12.3 Å². The smallest absolute Gasteiger partial charge is 0.223 e. The van der Waals surface area contributed by atoms with Gasteiger partial charge in [-0.3, -0.25) is 9.59 Å². The number of Topliss-reactive ketones (excluding diaryl/α,β-unsaturated/α-hetero) is 1. The Labute approximate surface area is 184 Å². The number of ketones is 1. The van der Waals surface area contributed by atoms with Gasteiger partial charge >= 0.3 is 0 Å². The molecule has 5 heteroatoms. The van der Waals surface area contributed by atoms with Gasteiger partial charge in [0.05, 0.1) is 7.11 Å². The number of hydrogen-bond acceptors (Lipinski definition) is 4. The summed E-state index contributed by atoms with van der Waals surface area (Å²) in [6.45, 7) is 3.46. The van der Waals surface area contributed by atoms with E-state index in [2.05, 4.69) is 23.5 Å². The molecule has 5 nitrogen and oxygen atoms in total. The lowest BCUT2D eigenvalue weighted by Crippen LogP contribution is -2.38. The fourth-order valence-electron chi connectivity index (χ4n) is 4.71. The number of rotatable bonds is 6. The Morgan fingerprint density at radius 2 is 1.68 bits per heavy atom. The fourth-order valence-corrected chi connectivity index (χ4v) is 4.71. The average molecular weight is 421 g/mol. The standard InChI is InChI=1S/C26H32N2O3/c1-31-24-6-4-19(5-7-24)21-12-16-28(17-13-21)26(30)9-8-25(29)23-3-2-20-10-14-27-15-11-22(20)18-23/h2-7,18,21,27H,8-17H2,1H3. The number of ether oxygens (including phenoxy) is 1. The van der Waals surface area contributed by atoms with E-state index >= 15 is 0 Å². The first-order valence-electron chi connectivity index (χ1n) is 11.4. The molecule has 2 aliphatic heterocycles. The molecule has 0 radical (unpaired) electrons. The van der Waals surface area contributed by atoms with Crippen LogP contribution in [0.15, 0.2) is 42.5 Å². The van der Waals surface area contributed by atoms with Crippen LogP contribution >= 0.6 is 0 Å². The van der Waals surface area contributed by atoms with E-state index in [-0.39, 0.29) is 18.1 Å². The van der Waals surface area contributed by atoms with Crippen molar-refractivity contribution in [1.29, 1.82) is 0 Å². The maximum atomic E-state index is 12.7. The van der Waals surface area contributed by atoms with E-state index in [1.165, 1.54) is 16.7 Å². The minimum atomic E-state index is 0.0708. The number of carbonyl (C=O) groups is 2. The second-order valence-electron chi connectivity index (χ2n) is 8.58. The normalized spacial score (nSPS) is 17.0. The zero-order chi connectivity index (χ0) is 21.6. The molecule has 0 unspecified atom stereocenters. The Morgan fingerprint density at radius 1 is 0.968 bits per heavy atom. The van der Waals surface area contributed by atoms with Crippen molar-refractivity contribution in [2.24, 2.45) is 0 Å². The van der Waals surface area contributed by atoms with Gasteiger partial charge in [0.2, 0.25) is 5.91 Å². The molecule has 0 bridgehead atoms. The molecule has 2 aliphatic rings. The van der Waals surface area contributed by atoms with Gasteiger partial charge in [0.25, 0.3) is 0 Å². The molecule has 1 fully saturated rings. The average Bonchev–Trinajstić information content (AvgIpc) is 3.07. The molecule has 31 heavy (non-hydrogen) atoms. The van der Waals surface area contributed by atoms with E-state index < -0.39 is 0 Å². The van der Waals surface area contributed by atoms with Crippen LogP contribution < -0.4 is 10.1 Å². The SMILES string of the molecule is COc1ccc(C2CCN(C(=O)CCC(=O)c3ccc4c(c3)CCNCC4)CC2)cc1.